The van der Waals surface area contributed by atoms with Crippen molar-refractivity contribution in [2.45, 2.75) is 18.9 Å². The quantitative estimate of drug-likeness (QED) is 0.734. The summed E-state index contributed by atoms with van der Waals surface area (Å²) in [6, 6.07) is 2.18. The predicted octanol–water partition coefficient (Wildman–Crippen LogP) is 2.68. The highest BCUT2D eigenvalue weighted by Gasteiger charge is 2.22. The summed E-state index contributed by atoms with van der Waals surface area (Å²) in [5.74, 6) is -1.13. The number of nitrogens with one attached hydrogen (secondary N) is 1. The Hall–Kier alpha value is -2.25. The van der Waals surface area contributed by atoms with Crippen LogP contribution in [-0.4, -0.2) is 25.6 Å². The van der Waals surface area contributed by atoms with Gasteiger partial charge in [0.2, 0.25) is 0 Å². The number of hydrogen-bond donors (Lipinski definition) is 2. The number of ether oxygens (including phenoxy) is 1. The third-order valence-corrected chi connectivity index (χ3v) is 3.80. The lowest BCUT2D eigenvalue weighted by Gasteiger charge is -2.20. The summed E-state index contributed by atoms with van der Waals surface area (Å²) < 4.78 is 19.0. The van der Waals surface area contributed by atoms with Gasteiger partial charge in [-0.1, -0.05) is 11.6 Å². The van der Waals surface area contributed by atoms with Gasteiger partial charge in [-0.2, -0.15) is 0 Å². The van der Waals surface area contributed by atoms with Crippen molar-refractivity contribution < 1.29 is 23.7 Å². The van der Waals surface area contributed by atoms with E-state index in [2.05, 4.69) is 10.2 Å². The molecule has 1 atom stereocenters. The van der Waals surface area contributed by atoms with Crippen molar-refractivity contribution in [2.24, 2.45) is 5.73 Å². The molecule has 0 radical (unpaired) electrons. The van der Waals surface area contributed by atoms with Crippen LogP contribution in [-0.2, 0) is 9.78 Å². The molecule has 0 aromatic heterocycles. The van der Waals surface area contributed by atoms with E-state index in [0.717, 1.165) is 11.6 Å². The van der Waals surface area contributed by atoms with Gasteiger partial charge >= 0.3 is 0 Å². The van der Waals surface area contributed by atoms with E-state index in [1.54, 1.807) is 6.08 Å². The van der Waals surface area contributed by atoms with Gasteiger partial charge in [-0.15, -0.1) is 0 Å². The Balaban J connectivity index is 2.16. The Bertz CT molecular complexity index is 664. The van der Waals surface area contributed by atoms with Gasteiger partial charge in [-0.3, -0.25) is 14.6 Å². The first-order valence-corrected chi connectivity index (χ1v) is 7.65. The largest absolute Gasteiger partial charge is 0.495 e. The zero-order valence-corrected chi connectivity index (χ0v) is 13.8. The van der Waals surface area contributed by atoms with Gasteiger partial charge in [0.1, 0.15) is 24.1 Å². The number of carbonyl (C=O) groups excluding carboxylic acids is 1. The summed E-state index contributed by atoms with van der Waals surface area (Å²) in [6.07, 6.45) is 5.47. The summed E-state index contributed by atoms with van der Waals surface area (Å²) in [6.45, 7) is 0.355. The van der Waals surface area contributed by atoms with Crippen LogP contribution in [0.2, 0.25) is 5.02 Å². The fourth-order valence-corrected chi connectivity index (χ4v) is 2.58. The maximum Gasteiger partial charge on any atom is 0.256 e. The monoisotopic (exact) mass is 356 g/mol. The van der Waals surface area contributed by atoms with E-state index >= 15 is 0 Å². The van der Waals surface area contributed by atoms with Crippen molar-refractivity contribution in [3.05, 3.63) is 52.7 Å². The van der Waals surface area contributed by atoms with E-state index in [-0.39, 0.29) is 22.4 Å². The molecule has 0 fully saturated rings. The predicted molar refractivity (Wildman–Crippen MR) is 86.9 cm³/mol. The first-order chi connectivity index (χ1) is 11.6. The minimum atomic E-state index is -0.724. The fourth-order valence-electron chi connectivity index (χ4n) is 2.26. The van der Waals surface area contributed by atoms with Gasteiger partial charge in [0.05, 0.1) is 17.7 Å². The maximum absolute atomic E-state index is 14.0. The smallest absolute Gasteiger partial charge is 0.256 e. The number of amides is 1. The lowest BCUT2D eigenvalue weighted by molar-refractivity contribution is -0.199. The zero-order chi connectivity index (χ0) is 17.5. The molecule has 130 valence electrons. The van der Waals surface area contributed by atoms with Crippen LogP contribution in [0.5, 0.6) is 5.75 Å². The third kappa shape index (κ3) is 4.39. The molecule has 0 saturated heterocycles. The molecule has 0 spiro atoms. The van der Waals surface area contributed by atoms with Gasteiger partial charge in [-0.25, -0.2) is 4.39 Å². The van der Waals surface area contributed by atoms with Gasteiger partial charge in [-0.05, 0) is 43.2 Å². The number of methoxy groups -OCH3 is 1. The van der Waals surface area contributed by atoms with Gasteiger partial charge in [0, 0.05) is 6.04 Å². The van der Waals surface area contributed by atoms with Crippen LogP contribution in [0.3, 0.4) is 0 Å². The summed E-state index contributed by atoms with van der Waals surface area (Å²) in [5, 5.41) is 2.67. The van der Waals surface area contributed by atoms with Crippen LogP contribution in [0, 0.1) is 5.82 Å². The average Bonchev–Trinajstić information content (AvgIpc) is 2.56. The Morgan fingerprint density at radius 2 is 2.25 bits per heavy atom. The van der Waals surface area contributed by atoms with E-state index in [1.807, 2.05) is 0 Å². The molecule has 1 aliphatic heterocycles. The number of halogens is 2. The van der Waals surface area contributed by atoms with Crippen LogP contribution < -0.4 is 15.8 Å². The summed E-state index contributed by atoms with van der Waals surface area (Å²) in [5.41, 5.74) is 6.13. The Labute approximate surface area is 143 Å². The standard InChI is InChI=1S/C16H18ClFN2O4/c1-22-13-3-2-12(18)14(15(13)17)16(21)20-11(4-6-19)8-10-5-7-23-24-9-10/h2-3,5,7,9,11H,4,6,8,19H2,1H3,(H,20,21). The van der Waals surface area contributed by atoms with Crippen LogP contribution in [0.1, 0.15) is 23.2 Å². The summed E-state index contributed by atoms with van der Waals surface area (Å²) in [4.78, 5) is 21.8. The van der Waals surface area contributed by atoms with Crippen molar-refractivity contribution in [3.63, 3.8) is 0 Å². The normalized spacial score (nSPS) is 14.2. The SMILES string of the molecule is COc1ccc(F)c(C(=O)NC(CCN)CC2=COOC=C2)c1Cl. The molecular formula is C16H18ClFN2O4. The lowest BCUT2D eigenvalue weighted by atomic mass is 10.0. The van der Waals surface area contributed by atoms with E-state index in [4.69, 9.17) is 27.0 Å². The maximum atomic E-state index is 14.0. The van der Waals surface area contributed by atoms with Crippen LogP contribution in [0.25, 0.3) is 0 Å². The molecule has 0 aliphatic carbocycles. The second-order valence-corrected chi connectivity index (χ2v) is 5.46. The molecule has 6 nitrogen and oxygen atoms in total. The molecule has 8 heteroatoms. The van der Waals surface area contributed by atoms with Gasteiger partial charge in [0.15, 0.2) is 0 Å². The van der Waals surface area contributed by atoms with Crippen LogP contribution >= 0.6 is 11.6 Å². The van der Waals surface area contributed by atoms with Crippen molar-refractivity contribution in [2.75, 3.05) is 13.7 Å². The molecule has 1 aliphatic rings. The van der Waals surface area contributed by atoms with Gasteiger partial charge in [0.25, 0.3) is 5.91 Å². The molecule has 1 amide bonds. The highest BCUT2D eigenvalue weighted by Crippen LogP contribution is 2.30. The topological polar surface area (TPSA) is 82.8 Å². The van der Waals surface area contributed by atoms with Crippen molar-refractivity contribution in [1.82, 2.24) is 5.32 Å². The molecule has 24 heavy (non-hydrogen) atoms. The number of carbonyl (C=O) groups is 1. The number of rotatable bonds is 7. The van der Waals surface area contributed by atoms with E-state index in [9.17, 15) is 9.18 Å². The van der Waals surface area contributed by atoms with E-state index < -0.39 is 11.7 Å². The zero-order valence-electron chi connectivity index (χ0n) is 13.1. The average molecular weight is 357 g/mol. The van der Waals surface area contributed by atoms with Crippen LogP contribution in [0.4, 0.5) is 4.39 Å². The Morgan fingerprint density at radius 1 is 1.46 bits per heavy atom. The van der Waals surface area contributed by atoms with Crippen molar-refractivity contribution >= 4 is 17.5 Å². The molecule has 1 heterocycles. The number of hydrogen-bond acceptors (Lipinski definition) is 5. The second kappa shape index (κ2) is 8.56. The fraction of sp³-hybridized carbons (Fsp3) is 0.312. The second-order valence-electron chi connectivity index (χ2n) is 5.08. The molecule has 0 bridgehead atoms. The first-order valence-electron chi connectivity index (χ1n) is 7.27. The summed E-state index contributed by atoms with van der Waals surface area (Å²) in [7, 11) is 1.39. The van der Waals surface area contributed by atoms with Crippen molar-refractivity contribution in [3.8, 4) is 5.75 Å². The Morgan fingerprint density at radius 3 is 2.88 bits per heavy atom. The highest BCUT2D eigenvalue weighted by atomic mass is 35.5. The first kappa shape index (κ1) is 18.1. The minimum Gasteiger partial charge on any atom is -0.495 e. The molecule has 0 saturated carbocycles. The molecular weight excluding hydrogens is 339 g/mol. The van der Waals surface area contributed by atoms with E-state index in [0.29, 0.717) is 19.4 Å². The Kier molecular flexibility index (Phi) is 6.45. The number of allylic oxidation sites excluding steroid dienone is 1. The highest BCUT2D eigenvalue weighted by molar-refractivity contribution is 6.35. The summed E-state index contributed by atoms with van der Waals surface area (Å²) >= 11 is 6.05. The third-order valence-electron chi connectivity index (χ3n) is 3.43. The minimum absolute atomic E-state index is 0.0741. The van der Waals surface area contributed by atoms with Crippen LogP contribution in [0.15, 0.2) is 36.3 Å². The molecule has 3 N–H and O–H groups in total. The molecule has 1 aromatic rings. The van der Waals surface area contributed by atoms with E-state index in [1.165, 1.54) is 25.7 Å². The molecule has 1 unspecified atom stereocenters. The molecule has 1 aromatic carbocycles. The van der Waals surface area contributed by atoms with Gasteiger partial charge < -0.3 is 15.8 Å². The number of benzene rings is 1. The van der Waals surface area contributed by atoms with Crippen molar-refractivity contribution in [1.29, 1.82) is 0 Å². The lowest BCUT2D eigenvalue weighted by Crippen LogP contribution is -2.37. The molecule has 2 rings (SSSR count). The number of nitrogens with two attached hydrogens (primary N) is 1.